The highest BCUT2D eigenvalue weighted by Gasteiger charge is 2.30. The Morgan fingerprint density at radius 3 is 2.21 bits per heavy atom. The van der Waals surface area contributed by atoms with E-state index in [1.807, 2.05) is 6.07 Å². The molecule has 0 aliphatic heterocycles. The van der Waals surface area contributed by atoms with E-state index in [4.69, 9.17) is 0 Å². The molecule has 0 heterocycles. The molecule has 5 N–H and O–H groups in total. The number of carbonyl (C=O) groups is 3. The van der Waals surface area contributed by atoms with Crippen molar-refractivity contribution in [3.63, 3.8) is 0 Å². The van der Waals surface area contributed by atoms with Gasteiger partial charge in [-0.25, -0.2) is 9.18 Å². The Bertz CT molecular complexity index is 1110. The zero-order valence-corrected chi connectivity index (χ0v) is 23.1. The Hall–Kier alpha value is -3.02. The maximum absolute atomic E-state index is 13.6. The third-order valence-electron chi connectivity index (χ3n) is 5.73. The molecule has 0 saturated heterocycles. The first-order valence-corrected chi connectivity index (χ1v) is 13.6. The second kappa shape index (κ2) is 16.1. The van der Waals surface area contributed by atoms with Crippen molar-refractivity contribution in [2.75, 3.05) is 12.0 Å². The van der Waals surface area contributed by atoms with Crippen LogP contribution in [0.15, 0.2) is 48.5 Å². The summed E-state index contributed by atoms with van der Waals surface area (Å²) in [6, 6.07) is 9.31. The van der Waals surface area contributed by atoms with Gasteiger partial charge in [-0.2, -0.15) is 0 Å². The van der Waals surface area contributed by atoms with Gasteiger partial charge in [-0.3, -0.25) is 13.8 Å². The molecular formula is C26H35ClFN3O6S. The molecule has 2 aromatic rings. The number of hydrogen-bond donors (Lipinski definition) is 5. The summed E-state index contributed by atoms with van der Waals surface area (Å²) in [5.41, 5.74) is 1.03. The number of carboxylic acid groups (broad SMARTS) is 1. The Morgan fingerprint density at radius 1 is 1.00 bits per heavy atom. The van der Waals surface area contributed by atoms with Crippen LogP contribution in [0, 0.1) is 11.7 Å². The zero-order chi connectivity index (χ0) is 27.5. The van der Waals surface area contributed by atoms with Gasteiger partial charge in [-0.1, -0.05) is 44.2 Å². The number of phenolic OH excluding ortho intramolecular Hbond substituents is 1. The summed E-state index contributed by atoms with van der Waals surface area (Å²) < 4.78 is 25.0. The van der Waals surface area contributed by atoms with Crippen molar-refractivity contribution in [3.05, 3.63) is 65.5 Å². The molecule has 0 aliphatic rings. The van der Waals surface area contributed by atoms with E-state index in [-0.39, 0.29) is 54.8 Å². The fraction of sp³-hybridized carbons (Fsp3) is 0.423. The number of phenols is 1. The minimum Gasteiger partial charge on any atom is -0.508 e. The van der Waals surface area contributed by atoms with Crippen molar-refractivity contribution in [1.82, 2.24) is 16.0 Å². The summed E-state index contributed by atoms with van der Waals surface area (Å²) in [6.45, 7) is 3.59. The predicted molar refractivity (Wildman–Crippen MR) is 146 cm³/mol. The number of carboxylic acids is 1. The minimum absolute atomic E-state index is 0. The number of aromatic hydroxyl groups is 1. The van der Waals surface area contributed by atoms with Gasteiger partial charge in [0.25, 0.3) is 0 Å². The first-order chi connectivity index (χ1) is 17.5. The van der Waals surface area contributed by atoms with Crippen LogP contribution < -0.4 is 16.0 Å². The second-order valence-electron chi connectivity index (χ2n) is 9.09. The lowest BCUT2D eigenvalue weighted by Crippen LogP contribution is -2.56. The normalized spacial score (nSPS) is 14.0. The fourth-order valence-corrected chi connectivity index (χ4v) is 4.25. The number of benzene rings is 2. The van der Waals surface area contributed by atoms with E-state index in [9.17, 15) is 33.2 Å². The first-order valence-electron chi connectivity index (χ1n) is 11.9. The fourth-order valence-electron chi connectivity index (χ4n) is 3.68. The van der Waals surface area contributed by atoms with Gasteiger partial charge in [-0.05, 0) is 36.1 Å². The van der Waals surface area contributed by atoms with Gasteiger partial charge in [0.2, 0.25) is 11.8 Å². The smallest absolute Gasteiger partial charge is 0.326 e. The van der Waals surface area contributed by atoms with Crippen molar-refractivity contribution in [1.29, 1.82) is 0 Å². The van der Waals surface area contributed by atoms with E-state index in [0.717, 1.165) is 11.6 Å². The maximum atomic E-state index is 13.6. The monoisotopic (exact) mass is 571 g/mol. The number of hydrogen-bond acceptors (Lipinski definition) is 6. The lowest BCUT2D eigenvalue weighted by atomic mass is 10.0. The van der Waals surface area contributed by atoms with E-state index in [2.05, 4.69) is 16.0 Å². The third kappa shape index (κ3) is 10.8. The van der Waals surface area contributed by atoms with E-state index >= 15 is 0 Å². The van der Waals surface area contributed by atoms with Gasteiger partial charge in [0.1, 0.15) is 23.7 Å². The molecule has 38 heavy (non-hydrogen) atoms. The largest absolute Gasteiger partial charge is 0.508 e. The molecule has 0 saturated carbocycles. The summed E-state index contributed by atoms with van der Waals surface area (Å²) in [6.07, 6.45) is 1.53. The van der Waals surface area contributed by atoms with Crippen LogP contribution >= 0.6 is 12.4 Å². The van der Waals surface area contributed by atoms with Crippen molar-refractivity contribution < 1.29 is 33.2 Å². The number of nitrogens with one attached hydrogen (secondary N) is 3. The summed E-state index contributed by atoms with van der Waals surface area (Å²) in [7, 11) is -1.24. The van der Waals surface area contributed by atoms with Crippen molar-refractivity contribution in [2.24, 2.45) is 5.92 Å². The quantitative estimate of drug-likeness (QED) is 0.233. The molecule has 2 amide bonds. The average Bonchev–Trinajstić information content (AvgIpc) is 2.83. The van der Waals surface area contributed by atoms with E-state index in [0.29, 0.717) is 0 Å². The van der Waals surface area contributed by atoms with Gasteiger partial charge in [-0.15, -0.1) is 12.4 Å². The lowest BCUT2D eigenvalue weighted by Gasteiger charge is -2.26. The molecule has 12 heteroatoms. The molecule has 0 bridgehead atoms. The van der Waals surface area contributed by atoms with Gasteiger partial charge in [0.05, 0.1) is 6.04 Å². The number of halogens is 2. The molecule has 4 atom stereocenters. The minimum atomic E-state index is -1.26. The highest BCUT2D eigenvalue weighted by Crippen LogP contribution is 2.18. The van der Waals surface area contributed by atoms with Crippen LogP contribution in [0.5, 0.6) is 5.75 Å². The van der Waals surface area contributed by atoms with Gasteiger partial charge in [0.15, 0.2) is 0 Å². The van der Waals surface area contributed by atoms with Gasteiger partial charge in [0, 0.05) is 41.3 Å². The molecule has 0 radical (unpaired) electrons. The van der Waals surface area contributed by atoms with Crippen LogP contribution in [0.3, 0.4) is 0 Å². The maximum Gasteiger partial charge on any atom is 0.326 e. The highest BCUT2D eigenvalue weighted by atomic mass is 35.5. The zero-order valence-electron chi connectivity index (χ0n) is 21.5. The van der Waals surface area contributed by atoms with Crippen molar-refractivity contribution >= 4 is 41.0 Å². The van der Waals surface area contributed by atoms with E-state index in [1.165, 1.54) is 18.4 Å². The van der Waals surface area contributed by atoms with Gasteiger partial charge < -0.3 is 26.2 Å². The molecule has 0 aliphatic carbocycles. The molecule has 1 unspecified atom stereocenters. The molecule has 2 aromatic carbocycles. The Labute approximate surface area is 230 Å². The van der Waals surface area contributed by atoms with Gasteiger partial charge >= 0.3 is 5.97 Å². The number of rotatable bonds is 14. The summed E-state index contributed by atoms with van der Waals surface area (Å²) in [5, 5.41) is 27.7. The molecule has 0 spiro atoms. The summed E-state index contributed by atoms with van der Waals surface area (Å²) in [5.74, 6) is -3.24. The summed E-state index contributed by atoms with van der Waals surface area (Å²) in [4.78, 5) is 38.0. The van der Waals surface area contributed by atoms with Crippen LogP contribution in [-0.4, -0.2) is 62.3 Å². The van der Waals surface area contributed by atoms with Crippen LogP contribution in [0.25, 0.3) is 0 Å². The Balaban J connectivity index is 0.00000722. The van der Waals surface area contributed by atoms with Crippen LogP contribution in [0.2, 0.25) is 0 Å². The molecular weight excluding hydrogens is 537 g/mol. The predicted octanol–water partition coefficient (Wildman–Crippen LogP) is 2.13. The first kappa shape index (κ1) is 33.0. The Morgan fingerprint density at radius 2 is 1.63 bits per heavy atom. The molecule has 0 aromatic heterocycles. The topological polar surface area (TPSA) is 145 Å². The SMILES string of the molecule is CC(C)[C@H](NCc1cc(F)ccc1O)C(=O)N[C@@H](Cc1ccccc1)C(=O)N[C@@H](CCS(C)=O)C(=O)O.Cl. The molecule has 9 nitrogen and oxygen atoms in total. The van der Waals surface area contributed by atoms with Crippen LogP contribution in [0.4, 0.5) is 4.39 Å². The average molecular weight is 572 g/mol. The number of amides is 2. The number of aliphatic carboxylic acids is 1. The lowest BCUT2D eigenvalue weighted by molar-refractivity contribution is -0.142. The van der Waals surface area contributed by atoms with Crippen LogP contribution in [-0.2, 0) is 38.1 Å². The van der Waals surface area contributed by atoms with E-state index in [1.54, 1.807) is 38.1 Å². The highest BCUT2D eigenvalue weighted by molar-refractivity contribution is 7.84. The Kier molecular flexibility index (Phi) is 13.9. The van der Waals surface area contributed by atoms with Crippen LogP contribution in [0.1, 0.15) is 31.4 Å². The van der Waals surface area contributed by atoms with Crippen molar-refractivity contribution in [2.45, 2.75) is 51.4 Å². The third-order valence-corrected chi connectivity index (χ3v) is 6.54. The molecule has 210 valence electrons. The van der Waals surface area contributed by atoms with E-state index < -0.39 is 52.5 Å². The molecule has 2 rings (SSSR count). The van der Waals surface area contributed by atoms with Crippen molar-refractivity contribution in [3.8, 4) is 5.75 Å². The molecule has 0 fully saturated rings. The number of carbonyl (C=O) groups excluding carboxylic acids is 2. The second-order valence-corrected chi connectivity index (χ2v) is 10.6. The summed E-state index contributed by atoms with van der Waals surface area (Å²) >= 11 is 0. The standard InChI is InChI=1S/C26H34FN3O6S.ClH/c1-16(2)23(28-15-18-14-19(27)9-10-22(18)31)25(33)30-21(13-17-7-5-4-6-8-17)24(32)29-20(26(34)35)11-12-37(3)36;/h4-10,14,16,20-21,23,28,31H,11-13,15H2,1-3H3,(H,29,32)(H,30,33)(H,34,35);1H/t20-,21-,23-,37?;/m0./s1.